The summed E-state index contributed by atoms with van der Waals surface area (Å²) in [7, 11) is 0. The molecule has 2 bridgehead atoms. The van der Waals surface area contributed by atoms with Crippen LogP contribution in [0.5, 0.6) is 0 Å². The van der Waals surface area contributed by atoms with Crippen LogP contribution in [-0.4, -0.2) is 98.6 Å². The number of rotatable bonds is 14. The van der Waals surface area contributed by atoms with Crippen LogP contribution in [0.3, 0.4) is 0 Å². The molecular formula is C31H48BrN3O7. The molecule has 3 amide bonds. The molecule has 3 fully saturated rings. The first-order valence-electron chi connectivity index (χ1n) is 14.9. The maximum atomic E-state index is 14.5. The molecule has 42 heavy (non-hydrogen) atoms. The van der Waals surface area contributed by atoms with Gasteiger partial charge in [-0.05, 0) is 52.9 Å². The van der Waals surface area contributed by atoms with E-state index in [1.54, 1.807) is 24.0 Å². The van der Waals surface area contributed by atoms with Gasteiger partial charge in [0.25, 0.3) is 0 Å². The molecular weight excluding hydrogens is 606 g/mol. The molecule has 3 heterocycles. The molecule has 3 aliphatic heterocycles. The first kappa shape index (κ1) is 34.3. The van der Waals surface area contributed by atoms with E-state index in [1.165, 1.54) is 4.90 Å². The molecule has 1 spiro atoms. The first-order valence-corrected chi connectivity index (χ1v) is 15.8. The van der Waals surface area contributed by atoms with E-state index in [0.29, 0.717) is 19.3 Å². The van der Waals surface area contributed by atoms with Crippen LogP contribution in [0.4, 0.5) is 0 Å². The zero-order chi connectivity index (χ0) is 31.6. The Morgan fingerprint density at radius 1 is 1.26 bits per heavy atom. The lowest BCUT2D eigenvalue weighted by Gasteiger charge is -2.43. The van der Waals surface area contributed by atoms with Gasteiger partial charge in [-0.15, -0.1) is 13.2 Å². The highest BCUT2D eigenvalue weighted by molar-refractivity contribution is 9.09. The minimum Gasteiger partial charge on any atom is -0.460 e. The first-order chi connectivity index (χ1) is 19.6. The summed E-state index contributed by atoms with van der Waals surface area (Å²) in [6, 6.07) is -1.66. The lowest BCUT2D eigenvalue weighted by Crippen LogP contribution is -2.62. The summed E-state index contributed by atoms with van der Waals surface area (Å²) in [5, 5.41) is 13.2. The van der Waals surface area contributed by atoms with Gasteiger partial charge in [-0.25, -0.2) is 0 Å². The molecule has 3 aliphatic rings. The van der Waals surface area contributed by atoms with Gasteiger partial charge in [-0.1, -0.05) is 41.9 Å². The number of hydrogen-bond donors (Lipinski definition) is 2. The van der Waals surface area contributed by atoms with Crippen LogP contribution >= 0.6 is 15.9 Å². The molecule has 3 rings (SSSR count). The number of ether oxygens (including phenoxy) is 2. The summed E-state index contributed by atoms with van der Waals surface area (Å²) in [4.78, 5) is 57.5. The van der Waals surface area contributed by atoms with Gasteiger partial charge in [-0.3, -0.25) is 19.2 Å². The van der Waals surface area contributed by atoms with Gasteiger partial charge >= 0.3 is 5.97 Å². The third-order valence-corrected chi connectivity index (χ3v) is 9.29. The van der Waals surface area contributed by atoms with Gasteiger partial charge in [0.15, 0.2) is 0 Å². The molecule has 0 aromatic heterocycles. The number of amides is 3. The maximum Gasteiger partial charge on any atom is 0.312 e. The van der Waals surface area contributed by atoms with Crippen molar-refractivity contribution in [1.29, 1.82) is 0 Å². The summed E-state index contributed by atoms with van der Waals surface area (Å²) in [5.74, 6) is -3.21. The molecule has 8 atom stereocenters. The Balaban J connectivity index is 1.98. The molecule has 0 aromatic rings. The summed E-state index contributed by atoms with van der Waals surface area (Å²) in [6.07, 6.45) is 3.66. The number of aliphatic hydroxyl groups excluding tert-OH is 1. The zero-order valence-electron chi connectivity index (χ0n) is 25.8. The Morgan fingerprint density at radius 3 is 2.48 bits per heavy atom. The van der Waals surface area contributed by atoms with E-state index in [2.05, 4.69) is 34.4 Å². The smallest absolute Gasteiger partial charge is 0.312 e. The standard InChI is InChI=1S/C31H48BrN3O7/c1-9-11-12-22(37)33-16-19(5)41-29(40)23-24-27(38)35(20(17-36)14-18(3)4)26(31(24)15-21(32)25(23)42-31)28(39)34(13-10-2)30(6,7)8/h9-10,18-21,23-26,36H,1-2,11-17H2,3-8H3,(H,33,37)/t19-,20+,21?,23-,24+,25-,26-,31+/m0/s1. The summed E-state index contributed by atoms with van der Waals surface area (Å²) in [5.41, 5.74) is -1.86. The Hall–Kier alpha value is -2.24. The SMILES string of the molecule is C=CCCC(=O)NC[C@H](C)OC(=O)[C@@H]1[C@H]2O[C@@]3(CC2Br)[C@H](C(=O)N(CC=C)C(C)(C)C)N([C@@H](CO)CC(C)C)C(=O)[C@@H]13. The largest absolute Gasteiger partial charge is 0.460 e. The molecule has 2 N–H and O–H groups in total. The second-order valence-corrected chi connectivity index (χ2v) is 14.3. The normalized spacial score (nSPS) is 29.7. The van der Waals surface area contributed by atoms with E-state index in [-0.39, 0.29) is 54.6 Å². The molecule has 3 saturated heterocycles. The lowest BCUT2D eigenvalue weighted by molar-refractivity contribution is -0.160. The van der Waals surface area contributed by atoms with Gasteiger partial charge in [0.05, 0.1) is 37.1 Å². The van der Waals surface area contributed by atoms with E-state index < -0.39 is 53.2 Å². The quantitative estimate of drug-likeness (QED) is 0.168. The van der Waals surface area contributed by atoms with Crippen molar-refractivity contribution in [3.8, 4) is 0 Å². The second kappa shape index (κ2) is 13.6. The van der Waals surface area contributed by atoms with E-state index in [4.69, 9.17) is 9.47 Å². The van der Waals surface area contributed by atoms with Gasteiger partial charge in [0.2, 0.25) is 17.7 Å². The molecule has 0 aromatic carbocycles. The third kappa shape index (κ3) is 6.63. The fourth-order valence-corrected chi connectivity index (χ4v) is 7.64. The van der Waals surface area contributed by atoms with Crippen molar-refractivity contribution < 1.29 is 33.8 Å². The van der Waals surface area contributed by atoms with Crippen molar-refractivity contribution in [2.45, 2.75) is 107 Å². The molecule has 236 valence electrons. The molecule has 1 unspecified atom stereocenters. The number of esters is 1. The number of nitrogens with one attached hydrogen (secondary N) is 1. The van der Waals surface area contributed by atoms with Crippen LogP contribution in [0.1, 0.15) is 67.2 Å². The number of likely N-dealkylation sites (tertiary alicyclic amines) is 1. The number of carbonyl (C=O) groups is 4. The van der Waals surface area contributed by atoms with Crippen molar-refractivity contribution in [2.75, 3.05) is 19.7 Å². The fraction of sp³-hybridized carbons (Fsp3) is 0.742. The van der Waals surface area contributed by atoms with Crippen molar-refractivity contribution in [1.82, 2.24) is 15.1 Å². The third-order valence-electron chi connectivity index (χ3n) is 8.45. The lowest BCUT2D eigenvalue weighted by atomic mass is 9.70. The molecule has 0 radical (unpaired) electrons. The Kier molecular flexibility index (Phi) is 11.1. The van der Waals surface area contributed by atoms with Crippen LogP contribution in [-0.2, 0) is 28.7 Å². The van der Waals surface area contributed by atoms with Crippen molar-refractivity contribution in [3.05, 3.63) is 25.3 Å². The predicted octanol–water partition coefficient (Wildman–Crippen LogP) is 2.97. The van der Waals surface area contributed by atoms with Gasteiger partial charge in [0, 0.05) is 23.3 Å². The minimum absolute atomic E-state index is 0.123. The van der Waals surface area contributed by atoms with Crippen molar-refractivity contribution in [3.63, 3.8) is 0 Å². The van der Waals surface area contributed by atoms with Crippen LogP contribution in [0.2, 0.25) is 0 Å². The highest BCUT2D eigenvalue weighted by Gasteiger charge is 2.77. The summed E-state index contributed by atoms with van der Waals surface area (Å²) >= 11 is 3.68. The van der Waals surface area contributed by atoms with Crippen LogP contribution < -0.4 is 5.32 Å². The Bertz CT molecular complexity index is 1060. The van der Waals surface area contributed by atoms with Gasteiger partial charge in [-0.2, -0.15) is 0 Å². The summed E-state index contributed by atoms with van der Waals surface area (Å²) in [6.45, 7) is 18.9. The second-order valence-electron chi connectivity index (χ2n) is 13.2. The topological polar surface area (TPSA) is 125 Å². The number of allylic oxidation sites excluding steroid dienone is 1. The predicted molar refractivity (Wildman–Crippen MR) is 163 cm³/mol. The molecule has 11 heteroatoms. The van der Waals surface area contributed by atoms with Gasteiger partial charge < -0.3 is 29.7 Å². The van der Waals surface area contributed by atoms with E-state index in [0.717, 1.165) is 0 Å². The average molecular weight is 655 g/mol. The van der Waals surface area contributed by atoms with Gasteiger partial charge in [0.1, 0.15) is 17.7 Å². The average Bonchev–Trinajstić information content (AvgIpc) is 3.50. The van der Waals surface area contributed by atoms with Crippen LogP contribution in [0.25, 0.3) is 0 Å². The number of nitrogens with zero attached hydrogens (tertiary/aromatic N) is 2. The minimum atomic E-state index is -1.27. The van der Waals surface area contributed by atoms with Crippen LogP contribution in [0.15, 0.2) is 25.3 Å². The number of fused-ring (bicyclic) bond motifs is 1. The number of halogens is 1. The Labute approximate surface area is 258 Å². The number of alkyl halides is 1. The Morgan fingerprint density at radius 2 is 1.93 bits per heavy atom. The molecule has 10 nitrogen and oxygen atoms in total. The van der Waals surface area contributed by atoms with E-state index in [9.17, 15) is 24.3 Å². The van der Waals surface area contributed by atoms with E-state index in [1.807, 2.05) is 34.6 Å². The monoisotopic (exact) mass is 653 g/mol. The van der Waals surface area contributed by atoms with Crippen LogP contribution in [0, 0.1) is 17.8 Å². The summed E-state index contributed by atoms with van der Waals surface area (Å²) < 4.78 is 12.3. The molecule has 0 saturated carbocycles. The highest BCUT2D eigenvalue weighted by Crippen LogP contribution is 2.61. The maximum absolute atomic E-state index is 14.5. The number of carbonyl (C=O) groups excluding carboxylic acids is 4. The zero-order valence-corrected chi connectivity index (χ0v) is 27.4. The number of hydrogen-bond acceptors (Lipinski definition) is 7. The van der Waals surface area contributed by atoms with E-state index >= 15 is 0 Å². The molecule has 0 aliphatic carbocycles. The number of aliphatic hydroxyl groups is 1. The fourth-order valence-electron chi connectivity index (χ4n) is 6.70. The van der Waals surface area contributed by atoms with Crippen molar-refractivity contribution in [2.24, 2.45) is 17.8 Å². The highest BCUT2D eigenvalue weighted by atomic mass is 79.9. The van der Waals surface area contributed by atoms with Crippen molar-refractivity contribution >= 4 is 39.6 Å².